The van der Waals surface area contributed by atoms with E-state index in [4.69, 9.17) is 0 Å². The van der Waals surface area contributed by atoms with Crippen molar-refractivity contribution in [3.8, 4) is 5.88 Å². The van der Waals surface area contributed by atoms with Gasteiger partial charge < -0.3 is 10.1 Å². The van der Waals surface area contributed by atoms with Crippen LogP contribution in [0.1, 0.15) is 12.0 Å². The van der Waals surface area contributed by atoms with Gasteiger partial charge in [0.15, 0.2) is 5.16 Å². The lowest BCUT2D eigenvalue weighted by molar-refractivity contribution is -0.121. The molecule has 2 N–H and O–H groups in total. The molecule has 1 saturated heterocycles. The minimum atomic E-state index is -0.687. The highest BCUT2D eigenvalue weighted by Crippen LogP contribution is 2.32. The summed E-state index contributed by atoms with van der Waals surface area (Å²) in [6.07, 6.45) is 0.0107. The molecule has 2 amide bonds. The molecule has 8 heteroatoms. The number of benzene rings is 1. The quantitative estimate of drug-likeness (QED) is 0.647. The van der Waals surface area contributed by atoms with Crippen molar-refractivity contribution >= 4 is 29.3 Å². The Bertz CT molecular complexity index is 834. The number of imide groups is 1. The molecule has 1 aliphatic rings. The van der Waals surface area contributed by atoms with Crippen LogP contribution in [-0.2, 0) is 9.59 Å². The first-order chi connectivity index (χ1) is 11.0. The Labute approximate surface area is 135 Å². The van der Waals surface area contributed by atoms with E-state index >= 15 is 0 Å². The van der Waals surface area contributed by atoms with Crippen LogP contribution in [0.5, 0.6) is 5.88 Å². The van der Waals surface area contributed by atoms with Crippen molar-refractivity contribution in [3.63, 3.8) is 0 Å². The number of carbonyl (C=O) groups excluding carboxylic acids is 2. The molecule has 118 valence electrons. The zero-order chi connectivity index (χ0) is 16.6. The number of aromatic amines is 1. The Kier molecular flexibility index (Phi) is 3.91. The molecule has 1 aromatic carbocycles. The summed E-state index contributed by atoms with van der Waals surface area (Å²) in [4.78, 5) is 43.7. The van der Waals surface area contributed by atoms with Crippen LogP contribution in [-0.4, -0.2) is 32.1 Å². The van der Waals surface area contributed by atoms with Crippen molar-refractivity contribution in [2.45, 2.75) is 23.8 Å². The summed E-state index contributed by atoms with van der Waals surface area (Å²) in [5, 5.41) is 9.02. The van der Waals surface area contributed by atoms with Gasteiger partial charge in [0.1, 0.15) is 5.25 Å². The number of aromatic hydroxyl groups is 1. The maximum absolute atomic E-state index is 12.5. The number of aromatic nitrogens is 2. The number of H-pyrrole nitrogens is 1. The molecule has 2 heterocycles. The maximum atomic E-state index is 12.5. The minimum absolute atomic E-state index is 0.0107. The second-order valence-electron chi connectivity index (χ2n) is 5.03. The Morgan fingerprint density at radius 2 is 1.96 bits per heavy atom. The summed E-state index contributed by atoms with van der Waals surface area (Å²) in [5.41, 5.74) is 0.143. The predicted octanol–water partition coefficient (Wildman–Crippen LogP) is 1.21. The monoisotopic (exact) mass is 331 g/mol. The van der Waals surface area contributed by atoms with Crippen LogP contribution in [0.15, 0.2) is 40.3 Å². The number of thioether (sulfide) groups is 1. The fraction of sp³-hybridized carbons (Fsp3) is 0.200. The number of amides is 2. The highest BCUT2D eigenvalue weighted by Gasteiger charge is 2.40. The molecule has 7 nitrogen and oxygen atoms in total. The van der Waals surface area contributed by atoms with Gasteiger partial charge in [0.25, 0.3) is 5.56 Å². The Balaban J connectivity index is 1.84. The molecular formula is C15H13N3O4S. The Morgan fingerprint density at radius 3 is 2.61 bits per heavy atom. The Hall–Kier alpha value is -2.61. The molecule has 0 aliphatic carbocycles. The van der Waals surface area contributed by atoms with Crippen LogP contribution >= 0.6 is 11.8 Å². The molecule has 1 fully saturated rings. The van der Waals surface area contributed by atoms with E-state index in [2.05, 4.69) is 9.97 Å². The summed E-state index contributed by atoms with van der Waals surface area (Å²) in [5.74, 6) is -1.06. The summed E-state index contributed by atoms with van der Waals surface area (Å²) in [6, 6.07) is 8.65. The third kappa shape index (κ3) is 2.85. The number of hydrogen-bond acceptors (Lipinski definition) is 6. The molecule has 0 saturated carbocycles. The van der Waals surface area contributed by atoms with Crippen LogP contribution in [0, 0.1) is 6.92 Å². The van der Waals surface area contributed by atoms with Crippen LogP contribution in [0.3, 0.4) is 0 Å². The second kappa shape index (κ2) is 5.88. The number of rotatable bonds is 3. The van der Waals surface area contributed by atoms with Crippen molar-refractivity contribution in [1.82, 2.24) is 9.97 Å². The van der Waals surface area contributed by atoms with Crippen molar-refractivity contribution < 1.29 is 14.7 Å². The van der Waals surface area contributed by atoms with Gasteiger partial charge in [-0.05, 0) is 19.1 Å². The molecule has 0 radical (unpaired) electrons. The van der Waals surface area contributed by atoms with Gasteiger partial charge in [-0.1, -0.05) is 30.0 Å². The fourth-order valence-corrected chi connectivity index (χ4v) is 3.23. The second-order valence-corrected chi connectivity index (χ2v) is 6.22. The minimum Gasteiger partial charge on any atom is -0.493 e. The van der Waals surface area contributed by atoms with Gasteiger partial charge in [-0.15, -0.1) is 0 Å². The number of hydrogen-bond donors (Lipinski definition) is 2. The molecule has 1 aromatic heterocycles. The van der Waals surface area contributed by atoms with E-state index in [1.807, 2.05) is 0 Å². The number of para-hydroxylation sites is 1. The zero-order valence-electron chi connectivity index (χ0n) is 12.1. The number of nitrogens with one attached hydrogen (secondary N) is 1. The highest BCUT2D eigenvalue weighted by molar-refractivity contribution is 8.00. The van der Waals surface area contributed by atoms with Gasteiger partial charge in [-0.3, -0.25) is 14.4 Å². The first-order valence-corrected chi connectivity index (χ1v) is 7.73. The standard InChI is InChI=1S/C15H13N3O4S/c1-8-12(20)16-15(17-13(8)21)23-10-7-11(19)18(14(10)22)9-5-3-2-4-6-9/h2-6,10H,7H2,1H3,(H2,16,17,20,21)/t10-/m0/s1. The summed E-state index contributed by atoms with van der Waals surface area (Å²) in [7, 11) is 0. The molecular weight excluding hydrogens is 318 g/mol. The molecule has 0 unspecified atom stereocenters. The first-order valence-electron chi connectivity index (χ1n) is 6.86. The summed E-state index contributed by atoms with van der Waals surface area (Å²) in [6.45, 7) is 1.44. The third-order valence-electron chi connectivity index (χ3n) is 3.48. The average molecular weight is 331 g/mol. The van der Waals surface area contributed by atoms with Crippen molar-refractivity contribution in [2.75, 3.05) is 4.90 Å². The smallest absolute Gasteiger partial charge is 0.258 e. The van der Waals surface area contributed by atoms with Gasteiger partial charge in [0.05, 0.1) is 11.3 Å². The molecule has 1 aliphatic heterocycles. The molecule has 1 atom stereocenters. The van der Waals surface area contributed by atoms with Crippen molar-refractivity contribution in [2.24, 2.45) is 0 Å². The van der Waals surface area contributed by atoms with E-state index in [0.29, 0.717) is 5.69 Å². The fourth-order valence-electron chi connectivity index (χ4n) is 2.24. The van der Waals surface area contributed by atoms with E-state index in [1.165, 1.54) is 6.92 Å². The lowest BCUT2D eigenvalue weighted by Gasteiger charge is -2.14. The summed E-state index contributed by atoms with van der Waals surface area (Å²) < 4.78 is 0. The molecule has 3 rings (SSSR count). The van der Waals surface area contributed by atoms with Crippen molar-refractivity contribution in [3.05, 3.63) is 46.2 Å². The van der Waals surface area contributed by atoms with Crippen LogP contribution in [0.25, 0.3) is 0 Å². The van der Waals surface area contributed by atoms with E-state index in [1.54, 1.807) is 30.3 Å². The van der Waals surface area contributed by atoms with Crippen LogP contribution in [0.2, 0.25) is 0 Å². The Morgan fingerprint density at radius 1 is 1.26 bits per heavy atom. The number of anilines is 1. The van der Waals surface area contributed by atoms with Crippen LogP contribution < -0.4 is 10.5 Å². The van der Waals surface area contributed by atoms with Gasteiger partial charge in [0, 0.05) is 6.42 Å². The van der Waals surface area contributed by atoms with E-state index in [-0.39, 0.29) is 34.8 Å². The predicted molar refractivity (Wildman–Crippen MR) is 84.5 cm³/mol. The topological polar surface area (TPSA) is 103 Å². The average Bonchev–Trinajstić information content (AvgIpc) is 2.80. The number of carbonyl (C=O) groups is 2. The molecule has 23 heavy (non-hydrogen) atoms. The largest absolute Gasteiger partial charge is 0.493 e. The maximum Gasteiger partial charge on any atom is 0.258 e. The lowest BCUT2D eigenvalue weighted by Crippen LogP contribution is -2.31. The van der Waals surface area contributed by atoms with Gasteiger partial charge in [-0.2, -0.15) is 4.98 Å². The van der Waals surface area contributed by atoms with Crippen molar-refractivity contribution in [1.29, 1.82) is 0 Å². The van der Waals surface area contributed by atoms with Crippen LogP contribution in [0.4, 0.5) is 5.69 Å². The highest BCUT2D eigenvalue weighted by atomic mass is 32.2. The summed E-state index contributed by atoms with van der Waals surface area (Å²) >= 11 is 0.960. The van der Waals surface area contributed by atoms with Gasteiger partial charge >= 0.3 is 0 Å². The first kappa shape index (κ1) is 15.3. The molecule has 0 spiro atoms. The van der Waals surface area contributed by atoms with E-state index < -0.39 is 10.8 Å². The van der Waals surface area contributed by atoms with E-state index in [9.17, 15) is 19.5 Å². The van der Waals surface area contributed by atoms with Gasteiger partial charge in [-0.25, -0.2) is 4.90 Å². The molecule has 2 aromatic rings. The molecule has 0 bridgehead atoms. The van der Waals surface area contributed by atoms with Gasteiger partial charge in [0.2, 0.25) is 17.7 Å². The zero-order valence-corrected chi connectivity index (χ0v) is 13.0. The van der Waals surface area contributed by atoms with E-state index in [0.717, 1.165) is 16.7 Å². The normalized spacial score (nSPS) is 17.8. The third-order valence-corrected chi connectivity index (χ3v) is 4.55. The number of nitrogens with zero attached hydrogens (tertiary/aromatic N) is 2. The lowest BCUT2D eigenvalue weighted by atomic mass is 10.3. The SMILES string of the molecule is Cc1c(O)nc(S[C@H]2CC(=O)N(c3ccccc3)C2=O)[nH]c1=O.